The second-order valence-electron chi connectivity index (χ2n) is 4.39. The van der Waals surface area contributed by atoms with Crippen molar-refractivity contribution in [2.24, 2.45) is 12.9 Å². The highest BCUT2D eigenvalue weighted by atomic mass is 15.4. The monoisotopic (exact) mass is 269 g/mol. The highest BCUT2D eigenvalue weighted by molar-refractivity contribution is 5.34. The molecule has 0 bridgehead atoms. The van der Waals surface area contributed by atoms with Gasteiger partial charge in [-0.3, -0.25) is 10.5 Å². The second-order valence-corrected chi connectivity index (χ2v) is 4.39. The Morgan fingerprint density at radius 1 is 1.15 bits per heavy atom. The van der Waals surface area contributed by atoms with Gasteiger partial charge in [0.05, 0.1) is 23.3 Å². The van der Waals surface area contributed by atoms with Crippen molar-refractivity contribution in [3.8, 4) is 5.69 Å². The zero-order valence-electron chi connectivity index (χ0n) is 11.0. The summed E-state index contributed by atoms with van der Waals surface area (Å²) in [5, 5.41) is 12.3. The minimum Gasteiger partial charge on any atom is -0.271 e. The standard InChI is InChI=1S/C13H15N7/c1-19-11(7-8-16-19)13(17-14)12-9-15-18-20(12)10-5-3-2-4-6-10/h2-9,13,17H,14H2,1H3. The van der Waals surface area contributed by atoms with Crippen LogP contribution in [0.2, 0.25) is 0 Å². The molecule has 2 aromatic heterocycles. The molecule has 0 radical (unpaired) electrons. The molecule has 1 atom stereocenters. The maximum Gasteiger partial charge on any atom is 0.107 e. The first-order chi connectivity index (χ1) is 9.81. The summed E-state index contributed by atoms with van der Waals surface area (Å²) in [6, 6.07) is 11.5. The van der Waals surface area contributed by atoms with E-state index in [0.717, 1.165) is 17.1 Å². The van der Waals surface area contributed by atoms with Crippen LogP contribution in [0.3, 0.4) is 0 Å². The summed E-state index contributed by atoms with van der Waals surface area (Å²) >= 11 is 0. The second kappa shape index (κ2) is 5.24. The number of nitrogens with zero attached hydrogens (tertiary/aromatic N) is 5. The van der Waals surface area contributed by atoms with Gasteiger partial charge in [-0.05, 0) is 18.2 Å². The maximum atomic E-state index is 5.71. The molecule has 0 saturated heterocycles. The van der Waals surface area contributed by atoms with E-state index in [1.165, 1.54) is 0 Å². The molecule has 0 fully saturated rings. The van der Waals surface area contributed by atoms with Gasteiger partial charge in [0.2, 0.25) is 0 Å². The van der Waals surface area contributed by atoms with Crippen molar-refractivity contribution in [2.45, 2.75) is 6.04 Å². The lowest BCUT2D eigenvalue weighted by Crippen LogP contribution is -2.32. The number of nitrogens with one attached hydrogen (secondary N) is 1. The van der Waals surface area contributed by atoms with Gasteiger partial charge in [0.15, 0.2) is 0 Å². The van der Waals surface area contributed by atoms with Crippen molar-refractivity contribution < 1.29 is 0 Å². The molecular formula is C13H15N7. The van der Waals surface area contributed by atoms with Gasteiger partial charge in [-0.2, -0.15) is 5.10 Å². The molecule has 0 aliphatic heterocycles. The van der Waals surface area contributed by atoms with Crippen molar-refractivity contribution in [1.82, 2.24) is 30.2 Å². The number of aromatic nitrogens is 5. The molecule has 102 valence electrons. The number of benzene rings is 1. The van der Waals surface area contributed by atoms with Crippen molar-refractivity contribution in [2.75, 3.05) is 0 Å². The molecule has 1 aromatic carbocycles. The van der Waals surface area contributed by atoms with Gasteiger partial charge < -0.3 is 0 Å². The van der Waals surface area contributed by atoms with Gasteiger partial charge in [0.25, 0.3) is 0 Å². The average Bonchev–Trinajstić information content (AvgIpc) is 3.11. The van der Waals surface area contributed by atoms with Gasteiger partial charge in [-0.1, -0.05) is 23.4 Å². The summed E-state index contributed by atoms with van der Waals surface area (Å²) in [5.74, 6) is 5.71. The molecule has 20 heavy (non-hydrogen) atoms. The average molecular weight is 269 g/mol. The molecule has 0 spiro atoms. The lowest BCUT2D eigenvalue weighted by atomic mass is 10.1. The van der Waals surface area contributed by atoms with Crippen molar-refractivity contribution in [1.29, 1.82) is 0 Å². The number of hydrazine groups is 1. The van der Waals surface area contributed by atoms with Crippen molar-refractivity contribution >= 4 is 0 Å². The van der Waals surface area contributed by atoms with Gasteiger partial charge in [0, 0.05) is 13.2 Å². The van der Waals surface area contributed by atoms with E-state index >= 15 is 0 Å². The van der Waals surface area contributed by atoms with E-state index in [1.54, 1.807) is 21.8 Å². The molecule has 3 rings (SSSR count). The first-order valence-electron chi connectivity index (χ1n) is 6.21. The van der Waals surface area contributed by atoms with E-state index < -0.39 is 0 Å². The van der Waals surface area contributed by atoms with E-state index in [-0.39, 0.29) is 6.04 Å². The number of hydrogen-bond acceptors (Lipinski definition) is 5. The van der Waals surface area contributed by atoms with Gasteiger partial charge in [-0.25, -0.2) is 10.1 Å². The number of aryl methyl sites for hydroxylation is 1. The number of rotatable bonds is 4. The zero-order valence-corrected chi connectivity index (χ0v) is 11.0. The quantitative estimate of drug-likeness (QED) is 0.533. The topological polar surface area (TPSA) is 86.6 Å². The Labute approximate surface area is 116 Å². The molecule has 0 amide bonds. The predicted octanol–water partition coefficient (Wildman–Crippen LogP) is 0.553. The van der Waals surface area contributed by atoms with Crippen LogP contribution < -0.4 is 11.3 Å². The Morgan fingerprint density at radius 2 is 1.95 bits per heavy atom. The predicted molar refractivity (Wildman–Crippen MR) is 73.7 cm³/mol. The first kappa shape index (κ1) is 12.5. The largest absolute Gasteiger partial charge is 0.271 e. The number of hydrogen-bond donors (Lipinski definition) is 2. The number of nitrogens with two attached hydrogens (primary N) is 1. The van der Waals surface area contributed by atoms with Gasteiger partial charge in [-0.15, -0.1) is 5.10 Å². The van der Waals surface area contributed by atoms with Crippen LogP contribution in [0.1, 0.15) is 17.4 Å². The van der Waals surface area contributed by atoms with E-state index in [4.69, 9.17) is 5.84 Å². The Hall–Kier alpha value is -2.51. The Kier molecular flexibility index (Phi) is 3.28. The van der Waals surface area contributed by atoms with E-state index in [9.17, 15) is 0 Å². The van der Waals surface area contributed by atoms with Crippen LogP contribution in [0.4, 0.5) is 0 Å². The molecule has 7 heteroatoms. The van der Waals surface area contributed by atoms with E-state index in [0.29, 0.717) is 0 Å². The molecular weight excluding hydrogens is 254 g/mol. The van der Waals surface area contributed by atoms with Gasteiger partial charge in [0.1, 0.15) is 6.04 Å². The Bertz CT molecular complexity index is 686. The summed E-state index contributed by atoms with van der Waals surface area (Å²) in [5.41, 5.74) is 5.52. The van der Waals surface area contributed by atoms with Crippen LogP contribution >= 0.6 is 0 Å². The number of para-hydroxylation sites is 1. The summed E-state index contributed by atoms with van der Waals surface area (Å²) in [6.07, 6.45) is 3.43. The highest BCUT2D eigenvalue weighted by Crippen LogP contribution is 2.21. The van der Waals surface area contributed by atoms with Crippen LogP contribution in [0.5, 0.6) is 0 Å². The smallest absolute Gasteiger partial charge is 0.107 e. The SMILES string of the molecule is Cn1nccc1C(NN)c1cnnn1-c1ccccc1. The summed E-state index contributed by atoms with van der Waals surface area (Å²) in [4.78, 5) is 0. The fourth-order valence-corrected chi connectivity index (χ4v) is 2.20. The Balaban J connectivity index is 2.07. The van der Waals surface area contributed by atoms with Crippen LogP contribution in [-0.2, 0) is 7.05 Å². The Morgan fingerprint density at radius 3 is 2.60 bits per heavy atom. The summed E-state index contributed by atoms with van der Waals surface area (Å²) in [7, 11) is 1.87. The third-order valence-corrected chi connectivity index (χ3v) is 3.19. The lowest BCUT2D eigenvalue weighted by molar-refractivity contribution is 0.548. The van der Waals surface area contributed by atoms with Crippen LogP contribution in [0.25, 0.3) is 5.69 Å². The van der Waals surface area contributed by atoms with E-state index in [1.807, 2.05) is 43.4 Å². The fourth-order valence-electron chi connectivity index (χ4n) is 2.20. The summed E-state index contributed by atoms with van der Waals surface area (Å²) < 4.78 is 3.53. The minimum atomic E-state index is -0.238. The molecule has 1 unspecified atom stereocenters. The molecule has 3 N–H and O–H groups in total. The molecule has 2 heterocycles. The molecule has 0 aliphatic rings. The van der Waals surface area contributed by atoms with Crippen molar-refractivity contribution in [3.63, 3.8) is 0 Å². The third-order valence-electron chi connectivity index (χ3n) is 3.19. The lowest BCUT2D eigenvalue weighted by Gasteiger charge is -2.17. The first-order valence-corrected chi connectivity index (χ1v) is 6.21. The van der Waals surface area contributed by atoms with Crippen LogP contribution in [0.15, 0.2) is 48.8 Å². The maximum absolute atomic E-state index is 5.71. The van der Waals surface area contributed by atoms with Crippen molar-refractivity contribution in [3.05, 3.63) is 60.2 Å². The van der Waals surface area contributed by atoms with Gasteiger partial charge >= 0.3 is 0 Å². The minimum absolute atomic E-state index is 0.238. The van der Waals surface area contributed by atoms with E-state index in [2.05, 4.69) is 20.8 Å². The molecule has 0 aliphatic carbocycles. The normalized spacial score (nSPS) is 12.5. The molecule has 0 saturated carbocycles. The fraction of sp³-hybridized carbons (Fsp3) is 0.154. The van der Waals surface area contributed by atoms with Crippen LogP contribution in [-0.4, -0.2) is 24.8 Å². The highest BCUT2D eigenvalue weighted by Gasteiger charge is 2.21. The summed E-state index contributed by atoms with van der Waals surface area (Å²) in [6.45, 7) is 0. The third kappa shape index (κ3) is 2.09. The molecule has 7 nitrogen and oxygen atoms in total. The molecule has 3 aromatic rings. The zero-order chi connectivity index (χ0) is 13.9. The van der Waals surface area contributed by atoms with Crippen LogP contribution in [0, 0.1) is 0 Å².